The van der Waals surface area contributed by atoms with Crippen molar-refractivity contribution >= 4 is 5.97 Å². The van der Waals surface area contributed by atoms with Gasteiger partial charge in [-0.3, -0.25) is 9.59 Å². The van der Waals surface area contributed by atoms with Gasteiger partial charge in [-0.05, 0) is 25.5 Å². The van der Waals surface area contributed by atoms with Crippen LogP contribution >= 0.6 is 0 Å². The molecule has 0 saturated carbocycles. The average molecular weight is 288 g/mol. The van der Waals surface area contributed by atoms with E-state index >= 15 is 0 Å². The summed E-state index contributed by atoms with van der Waals surface area (Å²) in [6.07, 6.45) is -0.0992. The fourth-order valence-electron chi connectivity index (χ4n) is 2.10. The molecule has 0 radical (unpaired) electrons. The number of aromatic nitrogens is 2. The van der Waals surface area contributed by atoms with Gasteiger partial charge in [-0.15, -0.1) is 0 Å². The van der Waals surface area contributed by atoms with E-state index in [1.807, 2.05) is 26.0 Å². The first-order chi connectivity index (χ1) is 9.88. The zero-order chi connectivity index (χ0) is 15.6. The molecular formula is C15H16N2O4. The van der Waals surface area contributed by atoms with Gasteiger partial charge in [0.2, 0.25) is 0 Å². The van der Waals surface area contributed by atoms with Crippen LogP contribution in [0.25, 0.3) is 5.69 Å². The molecule has 0 bridgehead atoms. The molecule has 1 aromatic heterocycles. The number of aromatic hydroxyl groups is 1. The number of aliphatic carboxylic acids is 1. The van der Waals surface area contributed by atoms with Crippen molar-refractivity contribution in [2.24, 2.45) is 0 Å². The molecule has 0 unspecified atom stereocenters. The van der Waals surface area contributed by atoms with Gasteiger partial charge in [0.15, 0.2) is 0 Å². The average Bonchev–Trinajstić information content (AvgIpc) is 2.38. The predicted octanol–water partition coefficient (Wildman–Crippen LogP) is 1.57. The van der Waals surface area contributed by atoms with E-state index in [1.54, 1.807) is 6.07 Å². The van der Waals surface area contributed by atoms with E-state index in [0.717, 1.165) is 17.2 Å². The van der Waals surface area contributed by atoms with Crippen molar-refractivity contribution in [3.05, 3.63) is 51.4 Å². The summed E-state index contributed by atoms with van der Waals surface area (Å²) >= 11 is 0. The number of carboxylic acid groups (broad SMARTS) is 1. The molecule has 0 amide bonds. The minimum atomic E-state index is -0.986. The van der Waals surface area contributed by atoms with Gasteiger partial charge in [0.05, 0.1) is 12.1 Å². The molecule has 0 aliphatic carbocycles. The molecule has 0 fully saturated rings. The lowest BCUT2D eigenvalue weighted by Crippen LogP contribution is -2.22. The highest BCUT2D eigenvalue weighted by atomic mass is 16.4. The molecule has 0 saturated heterocycles. The molecular weight excluding hydrogens is 272 g/mol. The highest BCUT2D eigenvalue weighted by molar-refractivity contribution is 5.67. The summed E-state index contributed by atoms with van der Waals surface area (Å²) in [5.41, 5.74) is 2.28. The van der Waals surface area contributed by atoms with Crippen LogP contribution in [0.2, 0.25) is 0 Å². The van der Waals surface area contributed by atoms with Crippen molar-refractivity contribution in [3.8, 4) is 11.4 Å². The van der Waals surface area contributed by atoms with Crippen LogP contribution in [0.4, 0.5) is 0 Å². The molecule has 2 N–H and O–H groups in total. The Hall–Kier alpha value is -2.63. The van der Waals surface area contributed by atoms with Crippen molar-refractivity contribution in [1.29, 1.82) is 0 Å². The molecule has 2 rings (SSSR count). The first kappa shape index (κ1) is 14.8. The SMILES string of the molecule is Cc1ccc(-n2nc(CCC(=O)O)c(O)cc2=O)c(C)c1. The van der Waals surface area contributed by atoms with Crippen LogP contribution in [0.1, 0.15) is 23.2 Å². The van der Waals surface area contributed by atoms with Crippen molar-refractivity contribution in [1.82, 2.24) is 9.78 Å². The molecule has 6 heteroatoms. The third kappa shape index (κ3) is 3.28. The Balaban J connectivity index is 2.50. The second kappa shape index (κ2) is 5.78. The highest BCUT2D eigenvalue weighted by Crippen LogP contribution is 2.17. The Kier molecular flexibility index (Phi) is 4.07. The van der Waals surface area contributed by atoms with Crippen LogP contribution in [0.15, 0.2) is 29.1 Å². The third-order valence-electron chi connectivity index (χ3n) is 3.14. The van der Waals surface area contributed by atoms with Gasteiger partial charge >= 0.3 is 5.97 Å². The topological polar surface area (TPSA) is 92.4 Å². The zero-order valence-electron chi connectivity index (χ0n) is 11.8. The summed E-state index contributed by atoms with van der Waals surface area (Å²) in [6, 6.07) is 6.62. The number of benzene rings is 1. The van der Waals surface area contributed by atoms with E-state index in [2.05, 4.69) is 5.10 Å². The van der Waals surface area contributed by atoms with Gasteiger partial charge in [0.1, 0.15) is 11.4 Å². The van der Waals surface area contributed by atoms with Crippen LogP contribution in [-0.4, -0.2) is 26.0 Å². The number of nitrogens with zero attached hydrogens (tertiary/aromatic N) is 2. The maximum atomic E-state index is 12.0. The summed E-state index contributed by atoms with van der Waals surface area (Å²) in [4.78, 5) is 22.6. The zero-order valence-corrected chi connectivity index (χ0v) is 11.8. The van der Waals surface area contributed by atoms with Gasteiger partial charge in [-0.1, -0.05) is 17.7 Å². The van der Waals surface area contributed by atoms with Crippen molar-refractivity contribution in [3.63, 3.8) is 0 Å². The maximum Gasteiger partial charge on any atom is 0.303 e. The molecule has 0 spiro atoms. The molecule has 110 valence electrons. The van der Waals surface area contributed by atoms with Crippen LogP contribution in [0.5, 0.6) is 5.75 Å². The monoisotopic (exact) mass is 288 g/mol. The minimum Gasteiger partial charge on any atom is -0.506 e. The van der Waals surface area contributed by atoms with Crippen molar-refractivity contribution in [2.75, 3.05) is 0 Å². The summed E-state index contributed by atoms with van der Waals surface area (Å²) in [7, 11) is 0. The first-order valence-electron chi connectivity index (χ1n) is 6.50. The number of hydrogen-bond acceptors (Lipinski definition) is 4. The largest absolute Gasteiger partial charge is 0.506 e. The van der Waals surface area contributed by atoms with Crippen LogP contribution in [-0.2, 0) is 11.2 Å². The van der Waals surface area contributed by atoms with Gasteiger partial charge in [-0.2, -0.15) is 9.78 Å². The quantitative estimate of drug-likeness (QED) is 0.891. The van der Waals surface area contributed by atoms with E-state index in [9.17, 15) is 14.7 Å². The number of carboxylic acids is 1. The third-order valence-corrected chi connectivity index (χ3v) is 3.14. The Morgan fingerprint density at radius 3 is 2.62 bits per heavy atom. The molecule has 1 aromatic carbocycles. The fourth-order valence-corrected chi connectivity index (χ4v) is 2.10. The minimum absolute atomic E-state index is 0.0619. The summed E-state index contributed by atoms with van der Waals surface area (Å²) in [5.74, 6) is -1.26. The van der Waals surface area contributed by atoms with E-state index in [-0.39, 0.29) is 24.3 Å². The molecule has 2 aromatic rings. The Labute approximate surface area is 121 Å². The van der Waals surface area contributed by atoms with Crippen molar-refractivity contribution in [2.45, 2.75) is 26.7 Å². The molecule has 0 atom stereocenters. The summed E-state index contributed by atoms with van der Waals surface area (Å²) in [6.45, 7) is 3.81. The molecule has 6 nitrogen and oxygen atoms in total. The standard InChI is InChI=1S/C15H16N2O4/c1-9-3-5-12(10(2)7-9)17-14(19)8-13(18)11(16-17)4-6-15(20)21/h3,5,7-8,18H,4,6H2,1-2H3,(H,20,21). The Morgan fingerprint density at radius 2 is 2.00 bits per heavy atom. The van der Waals surface area contributed by atoms with Gasteiger partial charge in [0, 0.05) is 12.5 Å². The number of carbonyl (C=O) groups is 1. The van der Waals surface area contributed by atoms with E-state index in [0.29, 0.717) is 5.69 Å². The van der Waals surface area contributed by atoms with Crippen molar-refractivity contribution < 1.29 is 15.0 Å². The fraction of sp³-hybridized carbons (Fsp3) is 0.267. The molecule has 0 aliphatic heterocycles. The molecule has 1 heterocycles. The Morgan fingerprint density at radius 1 is 1.29 bits per heavy atom. The first-order valence-corrected chi connectivity index (χ1v) is 6.50. The van der Waals surface area contributed by atoms with E-state index in [4.69, 9.17) is 5.11 Å². The van der Waals surface area contributed by atoms with Gasteiger partial charge < -0.3 is 10.2 Å². The molecule has 21 heavy (non-hydrogen) atoms. The number of rotatable bonds is 4. The lowest BCUT2D eigenvalue weighted by Gasteiger charge is -2.11. The Bertz CT molecular complexity index is 750. The van der Waals surface area contributed by atoms with E-state index < -0.39 is 11.5 Å². The highest BCUT2D eigenvalue weighted by Gasteiger charge is 2.12. The van der Waals surface area contributed by atoms with Crippen LogP contribution < -0.4 is 5.56 Å². The number of hydrogen-bond donors (Lipinski definition) is 2. The number of aryl methyl sites for hydroxylation is 3. The predicted molar refractivity (Wildman–Crippen MR) is 76.9 cm³/mol. The van der Waals surface area contributed by atoms with Gasteiger partial charge in [0.25, 0.3) is 5.56 Å². The smallest absolute Gasteiger partial charge is 0.303 e. The summed E-state index contributed by atoms with van der Waals surface area (Å²) < 4.78 is 1.19. The van der Waals surface area contributed by atoms with Gasteiger partial charge in [-0.25, -0.2) is 0 Å². The maximum absolute atomic E-state index is 12.0. The second-order valence-electron chi connectivity index (χ2n) is 4.91. The normalized spacial score (nSPS) is 10.6. The van der Waals surface area contributed by atoms with Crippen LogP contribution in [0, 0.1) is 13.8 Å². The van der Waals surface area contributed by atoms with Crippen LogP contribution in [0.3, 0.4) is 0 Å². The van der Waals surface area contributed by atoms with E-state index in [1.165, 1.54) is 4.68 Å². The summed E-state index contributed by atoms with van der Waals surface area (Å²) in [5, 5.41) is 22.5. The molecule has 0 aliphatic rings. The second-order valence-corrected chi connectivity index (χ2v) is 4.91. The lowest BCUT2D eigenvalue weighted by molar-refractivity contribution is -0.136. The lowest BCUT2D eigenvalue weighted by atomic mass is 10.1.